The fourth-order valence-electron chi connectivity index (χ4n) is 1.68. The van der Waals surface area contributed by atoms with Crippen LogP contribution in [-0.4, -0.2) is 17.2 Å². The first kappa shape index (κ1) is 12.5. The molecule has 4 heteroatoms. The highest BCUT2D eigenvalue weighted by molar-refractivity contribution is 8.00. The molecular weight excluding hydrogens is 232 g/mol. The average molecular weight is 250 g/mol. The molecule has 3 nitrogen and oxygen atoms in total. The molecule has 0 aromatic heterocycles. The molecule has 0 radical (unpaired) electrons. The van der Waals surface area contributed by atoms with Gasteiger partial charge in [0.25, 0.3) is 0 Å². The van der Waals surface area contributed by atoms with E-state index >= 15 is 0 Å². The Balaban J connectivity index is 2.14. The van der Waals surface area contributed by atoms with Crippen molar-refractivity contribution in [3.05, 3.63) is 23.8 Å². The Morgan fingerprint density at radius 2 is 2.24 bits per heavy atom. The van der Waals surface area contributed by atoms with Crippen molar-refractivity contribution in [2.24, 2.45) is 0 Å². The van der Waals surface area contributed by atoms with Gasteiger partial charge in [0.15, 0.2) is 0 Å². The molecule has 1 aliphatic rings. The van der Waals surface area contributed by atoms with Crippen molar-refractivity contribution < 1.29 is 4.79 Å². The van der Waals surface area contributed by atoms with E-state index in [1.807, 2.05) is 13.0 Å². The van der Waals surface area contributed by atoms with Crippen molar-refractivity contribution in [3.8, 4) is 0 Å². The lowest BCUT2D eigenvalue weighted by molar-refractivity contribution is -0.115. The molecule has 0 fully saturated rings. The average Bonchev–Trinajstić information content (AvgIpc) is 2.28. The number of carbonyl (C=O) groups is 1. The summed E-state index contributed by atoms with van der Waals surface area (Å²) in [4.78, 5) is 12.7. The van der Waals surface area contributed by atoms with Crippen LogP contribution in [-0.2, 0) is 11.3 Å². The number of rotatable bonds is 3. The van der Waals surface area contributed by atoms with Gasteiger partial charge in [-0.25, -0.2) is 0 Å². The molecule has 0 saturated carbocycles. The normalized spacial score (nSPS) is 19.1. The summed E-state index contributed by atoms with van der Waals surface area (Å²) in [6, 6.07) is 6.69. The van der Waals surface area contributed by atoms with E-state index < -0.39 is 0 Å². The van der Waals surface area contributed by atoms with Crippen molar-refractivity contribution in [1.29, 1.82) is 0 Å². The number of carbonyl (C=O) groups excluding carboxylic acids is 1. The van der Waals surface area contributed by atoms with E-state index in [1.165, 1.54) is 10.5 Å². The molecule has 1 aromatic carbocycles. The number of hydrogen-bond acceptors (Lipinski definition) is 3. The molecule has 0 saturated heterocycles. The van der Waals surface area contributed by atoms with Gasteiger partial charge in [-0.05, 0) is 24.6 Å². The summed E-state index contributed by atoms with van der Waals surface area (Å²) in [5, 5.41) is 6.31. The van der Waals surface area contributed by atoms with Gasteiger partial charge >= 0.3 is 0 Å². The summed E-state index contributed by atoms with van der Waals surface area (Å²) >= 11 is 1.63. The topological polar surface area (TPSA) is 41.1 Å². The first-order valence-corrected chi connectivity index (χ1v) is 6.78. The van der Waals surface area contributed by atoms with Gasteiger partial charge in [-0.15, -0.1) is 11.8 Å². The second-order valence-corrected chi connectivity index (χ2v) is 6.00. The van der Waals surface area contributed by atoms with Gasteiger partial charge in [-0.2, -0.15) is 0 Å². The second-order valence-electron chi connectivity index (χ2n) is 4.62. The van der Waals surface area contributed by atoms with Crippen molar-refractivity contribution in [2.75, 3.05) is 5.32 Å². The van der Waals surface area contributed by atoms with Crippen LogP contribution in [0.25, 0.3) is 0 Å². The molecule has 1 heterocycles. The number of thioether (sulfide) groups is 1. The number of anilines is 1. The van der Waals surface area contributed by atoms with E-state index in [0.29, 0.717) is 6.04 Å². The third-order valence-corrected chi connectivity index (χ3v) is 3.85. The zero-order valence-electron chi connectivity index (χ0n) is 10.4. The van der Waals surface area contributed by atoms with Gasteiger partial charge in [0, 0.05) is 17.5 Å². The SMILES string of the molecule is CC(C)NCc1ccc2c(c1)SC(C)C(=O)N2. The first-order chi connectivity index (χ1) is 8.06. The largest absolute Gasteiger partial charge is 0.324 e. The van der Waals surface area contributed by atoms with Gasteiger partial charge in [0.05, 0.1) is 10.9 Å². The maximum atomic E-state index is 11.5. The molecule has 0 bridgehead atoms. The maximum absolute atomic E-state index is 11.5. The Hall–Kier alpha value is -1.00. The van der Waals surface area contributed by atoms with Crippen LogP contribution in [0.3, 0.4) is 0 Å². The Morgan fingerprint density at radius 1 is 1.47 bits per heavy atom. The highest BCUT2D eigenvalue weighted by atomic mass is 32.2. The predicted octanol–water partition coefficient (Wildman–Crippen LogP) is 2.62. The predicted molar refractivity (Wildman–Crippen MR) is 72.4 cm³/mol. The minimum atomic E-state index is -0.00388. The van der Waals surface area contributed by atoms with Crippen LogP contribution in [0.5, 0.6) is 0 Å². The maximum Gasteiger partial charge on any atom is 0.237 e. The molecule has 0 aliphatic carbocycles. The van der Waals surface area contributed by atoms with Gasteiger partial charge in [-0.3, -0.25) is 4.79 Å². The van der Waals surface area contributed by atoms with Gasteiger partial charge in [-0.1, -0.05) is 19.9 Å². The summed E-state index contributed by atoms with van der Waals surface area (Å²) in [5.74, 6) is 0.0931. The summed E-state index contributed by atoms with van der Waals surface area (Å²) in [6.45, 7) is 7.07. The summed E-state index contributed by atoms with van der Waals surface area (Å²) in [7, 11) is 0. The van der Waals surface area contributed by atoms with Gasteiger partial charge in [0.2, 0.25) is 5.91 Å². The number of hydrogen-bond donors (Lipinski definition) is 2. The van der Waals surface area contributed by atoms with Crippen LogP contribution in [0.1, 0.15) is 26.3 Å². The van der Waals surface area contributed by atoms with Crippen LogP contribution in [0.15, 0.2) is 23.1 Å². The Morgan fingerprint density at radius 3 is 2.94 bits per heavy atom. The van der Waals surface area contributed by atoms with Gasteiger partial charge < -0.3 is 10.6 Å². The quantitative estimate of drug-likeness (QED) is 0.866. The summed E-state index contributed by atoms with van der Waals surface area (Å²) in [5.41, 5.74) is 2.19. The van der Waals surface area contributed by atoms with E-state index in [9.17, 15) is 4.79 Å². The van der Waals surface area contributed by atoms with Crippen molar-refractivity contribution >= 4 is 23.4 Å². The standard InChI is InChI=1S/C13H18N2OS/c1-8(2)14-7-10-4-5-11-12(6-10)17-9(3)13(16)15-11/h4-6,8-9,14H,7H2,1-3H3,(H,15,16). The van der Waals surface area contributed by atoms with E-state index in [-0.39, 0.29) is 11.2 Å². The lowest BCUT2D eigenvalue weighted by Crippen LogP contribution is -2.26. The molecule has 1 aromatic rings. The lowest BCUT2D eigenvalue weighted by atomic mass is 10.2. The van der Waals surface area contributed by atoms with E-state index in [4.69, 9.17) is 0 Å². The molecule has 92 valence electrons. The third-order valence-electron chi connectivity index (χ3n) is 2.69. The molecule has 2 rings (SSSR count). The third kappa shape index (κ3) is 3.01. The summed E-state index contributed by atoms with van der Waals surface area (Å²) < 4.78 is 0. The van der Waals surface area contributed by atoms with Gasteiger partial charge in [0.1, 0.15) is 0 Å². The number of amides is 1. The van der Waals surface area contributed by atoms with Crippen LogP contribution in [0.2, 0.25) is 0 Å². The second kappa shape index (κ2) is 5.10. The Labute approximate surface area is 106 Å². The Kier molecular flexibility index (Phi) is 3.74. The van der Waals surface area contributed by atoms with E-state index in [1.54, 1.807) is 11.8 Å². The van der Waals surface area contributed by atoms with Crippen LogP contribution in [0.4, 0.5) is 5.69 Å². The molecular formula is C13H18N2OS. The van der Waals surface area contributed by atoms with Crippen LogP contribution >= 0.6 is 11.8 Å². The smallest absolute Gasteiger partial charge is 0.237 e. The van der Waals surface area contributed by atoms with Crippen LogP contribution < -0.4 is 10.6 Å². The highest BCUT2D eigenvalue weighted by Gasteiger charge is 2.22. The number of benzene rings is 1. The van der Waals surface area contributed by atoms with Crippen LogP contribution in [0, 0.1) is 0 Å². The minimum absolute atomic E-state index is 0.00388. The minimum Gasteiger partial charge on any atom is -0.324 e. The van der Waals surface area contributed by atoms with Crippen molar-refractivity contribution in [3.63, 3.8) is 0 Å². The first-order valence-electron chi connectivity index (χ1n) is 5.90. The number of fused-ring (bicyclic) bond motifs is 1. The molecule has 1 atom stereocenters. The molecule has 1 aliphatic heterocycles. The fraction of sp³-hybridized carbons (Fsp3) is 0.462. The molecule has 1 unspecified atom stereocenters. The monoisotopic (exact) mass is 250 g/mol. The number of nitrogens with one attached hydrogen (secondary N) is 2. The zero-order valence-corrected chi connectivity index (χ0v) is 11.2. The summed E-state index contributed by atoms with van der Waals surface area (Å²) in [6.07, 6.45) is 0. The molecule has 2 N–H and O–H groups in total. The zero-order chi connectivity index (χ0) is 12.4. The Bertz CT molecular complexity index is 431. The highest BCUT2D eigenvalue weighted by Crippen LogP contribution is 2.35. The van der Waals surface area contributed by atoms with Crippen molar-refractivity contribution in [1.82, 2.24) is 5.32 Å². The lowest BCUT2D eigenvalue weighted by Gasteiger charge is -2.22. The van der Waals surface area contributed by atoms with Crippen molar-refractivity contribution in [2.45, 2.75) is 43.5 Å². The molecule has 0 spiro atoms. The van der Waals surface area contributed by atoms with E-state index in [0.717, 1.165) is 12.2 Å². The fourth-order valence-corrected chi connectivity index (χ4v) is 2.69. The molecule has 17 heavy (non-hydrogen) atoms. The van der Waals surface area contributed by atoms with E-state index in [2.05, 4.69) is 36.6 Å². The molecule has 1 amide bonds.